The number of piperidine rings is 1. The van der Waals surface area contributed by atoms with Crippen molar-refractivity contribution in [2.75, 3.05) is 13.1 Å². The first-order valence-corrected chi connectivity index (χ1v) is 7.75. The third kappa shape index (κ3) is 3.38. The number of benzene rings is 1. The molecule has 0 aromatic heterocycles. The minimum atomic E-state index is -0.121. The molecule has 0 spiro atoms. The quantitative estimate of drug-likeness (QED) is 0.823. The van der Waals surface area contributed by atoms with Crippen molar-refractivity contribution >= 4 is 21.8 Å². The predicted octanol–water partition coefficient (Wildman–Crippen LogP) is 4.02. The minimum Gasteiger partial charge on any atom is -0.342 e. The van der Waals surface area contributed by atoms with Crippen LogP contribution in [0.2, 0.25) is 0 Å². The van der Waals surface area contributed by atoms with Crippen molar-refractivity contribution in [1.29, 1.82) is 0 Å². The van der Waals surface area contributed by atoms with Crippen LogP contribution in [0, 0.1) is 12.8 Å². The van der Waals surface area contributed by atoms with Crippen molar-refractivity contribution in [2.45, 2.75) is 32.1 Å². The lowest BCUT2D eigenvalue weighted by Crippen LogP contribution is -2.40. The van der Waals surface area contributed by atoms with Crippen LogP contribution in [-0.2, 0) is 4.79 Å². The standard InChI is InChI=1S/C16H21BrNO/c1-3-13(14-6-4-5-7-15(14)17)16(19)18-10-8-12(2)9-11-18/h4-7,12-13H,1,3,8-11H2,2H3. The van der Waals surface area contributed by atoms with Gasteiger partial charge in [-0.05, 0) is 36.8 Å². The number of amides is 1. The summed E-state index contributed by atoms with van der Waals surface area (Å²) in [6, 6.07) is 7.96. The molecule has 0 bridgehead atoms. The number of likely N-dealkylation sites (tertiary alicyclic amines) is 1. The molecule has 1 fully saturated rings. The number of carbonyl (C=O) groups excluding carboxylic acids is 1. The number of halogens is 1. The molecule has 2 rings (SSSR count). The topological polar surface area (TPSA) is 20.3 Å². The van der Waals surface area contributed by atoms with Gasteiger partial charge in [-0.1, -0.05) is 48.0 Å². The summed E-state index contributed by atoms with van der Waals surface area (Å²) in [7, 11) is 0. The zero-order chi connectivity index (χ0) is 13.8. The number of nitrogens with zero attached hydrogens (tertiary/aromatic N) is 1. The molecule has 2 nitrogen and oxygen atoms in total. The van der Waals surface area contributed by atoms with Crippen LogP contribution in [0.5, 0.6) is 0 Å². The van der Waals surface area contributed by atoms with Crippen LogP contribution in [0.3, 0.4) is 0 Å². The molecular weight excluding hydrogens is 302 g/mol. The molecule has 1 aliphatic heterocycles. The van der Waals surface area contributed by atoms with Crippen molar-refractivity contribution in [1.82, 2.24) is 4.90 Å². The van der Waals surface area contributed by atoms with E-state index in [1.165, 1.54) is 0 Å². The molecule has 1 amide bonds. The van der Waals surface area contributed by atoms with Crippen molar-refractivity contribution in [3.05, 3.63) is 41.2 Å². The Morgan fingerprint density at radius 2 is 2.05 bits per heavy atom. The van der Waals surface area contributed by atoms with Crippen LogP contribution in [0.25, 0.3) is 0 Å². The Morgan fingerprint density at radius 3 is 2.63 bits per heavy atom. The smallest absolute Gasteiger partial charge is 0.230 e. The van der Waals surface area contributed by atoms with Gasteiger partial charge in [-0.15, -0.1) is 0 Å². The molecular formula is C16H21BrNO. The lowest BCUT2D eigenvalue weighted by atomic mass is 9.92. The van der Waals surface area contributed by atoms with E-state index in [2.05, 4.69) is 29.8 Å². The fourth-order valence-corrected chi connectivity index (χ4v) is 3.18. The number of hydrogen-bond donors (Lipinski definition) is 0. The van der Waals surface area contributed by atoms with Crippen molar-refractivity contribution in [3.63, 3.8) is 0 Å². The summed E-state index contributed by atoms with van der Waals surface area (Å²) in [6.07, 6.45) is 2.84. The Bertz CT molecular complexity index is 438. The highest BCUT2D eigenvalue weighted by molar-refractivity contribution is 9.10. The normalized spacial score (nSPS) is 18.4. The lowest BCUT2D eigenvalue weighted by molar-refractivity contribution is -0.134. The molecule has 1 saturated heterocycles. The van der Waals surface area contributed by atoms with E-state index in [1.54, 1.807) is 0 Å². The second-order valence-electron chi connectivity index (χ2n) is 5.37. The van der Waals surface area contributed by atoms with Gasteiger partial charge in [0, 0.05) is 17.6 Å². The van der Waals surface area contributed by atoms with E-state index in [1.807, 2.05) is 29.2 Å². The van der Waals surface area contributed by atoms with Gasteiger partial charge in [-0.3, -0.25) is 4.79 Å². The van der Waals surface area contributed by atoms with E-state index in [0.717, 1.165) is 41.9 Å². The Balaban J connectivity index is 2.14. The number of carbonyl (C=O) groups is 1. The highest BCUT2D eigenvalue weighted by Crippen LogP contribution is 2.30. The van der Waals surface area contributed by atoms with Crippen LogP contribution in [-0.4, -0.2) is 23.9 Å². The van der Waals surface area contributed by atoms with Gasteiger partial charge in [0.1, 0.15) is 0 Å². The molecule has 0 saturated carbocycles. The van der Waals surface area contributed by atoms with Crippen LogP contribution < -0.4 is 0 Å². The van der Waals surface area contributed by atoms with Gasteiger partial charge in [0.25, 0.3) is 0 Å². The van der Waals surface area contributed by atoms with Crippen molar-refractivity contribution < 1.29 is 4.79 Å². The number of hydrogen-bond acceptors (Lipinski definition) is 1. The summed E-state index contributed by atoms with van der Waals surface area (Å²) in [6.45, 7) is 8.00. The molecule has 19 heavy (non-hydrogen) atoms. The summed E-state index contributed by atoms with van der Waals surface area (Å²) in [4.78, 5) is 14.7. The highest BCUT2D eigenvalue weighted by atomic mass is 79.9. The van der Waals surface area contributed by atoms with Crippen LogP contribution in [0.4, 0.5) is 0 Å². The molecule has 0 aliphatic carbocycles. The zero-order valence-corrected chi connectivity index (χ0v) is 13.0. The molecule has 3 heteroatoms. The van der Waals surface area contributed by atoms with E-state index in [-0.39, 0.29) is 11.8 Å². The van der Waals surface area contributed by atoms with E-state index in [4.69, 9.17) is 0 Å². The summed E-state index contributed by atoms with van der Waals surface area (Å²) < 4.78 is 1.00. The lowest BCUT2D eigenvalue weighted by Gasteiger charge is -2.33. The maximum Gasteiger partial charge on any atom is 0.230 e. The predicted molar refractivity (Wildman–Crippen MR) is 81.8 cm³/mol. The second kappa shape index (κ2) is 6.56. The van der Waals surface area contributed by atoms with Gasteiger partial charge in [-0.25, -0.2) is 0 Å². The average Bonchev–Trinajstić information content (AvgIpc) is 2.42. The van der Waals surface area contributed by atoms with Gasteiger partial charge in [0.2, 0.25) is 5.91 Å². The monoisotopic (exact) mass is 322 g/mol. The van der Waals surface area contributed by atoms with E-state index >= 15 is 0 Å². The van der Waals surface area contributed by atoms with E-state index < -0.39 is 0 Å². The van der Waals surface area contributed by atoms with Gasteiger partial charge in [0.05, 0.1) is 5.92 Å². The largest absolute Gasteiger partial charge is 0.342 e. The molecule has 1 unspecified atom stereocenters. The summed E-state index contributed by atoms with van der Waals surface area (Å²) >= 11 is 3.54. The fourth-order valence-electron chi connectivity index (χ4n) is 2.62. The molecule has 1 atom stereocenters. The number of rotatable bonds is 3. The molecule has 1 heterocycles. The molecule has 1 radical (unpaired) electrons. The molecule has 0 N–H and O–H groups in total. The summed E-state index contributed by atoms with van der Waals surface area (Å²) in [5.74, 6) is 0.850. The SMILES string of the molecule is [CH2]CC(C(=O)N1CCC(C)CC1)c1ccccc1Br. The first-order valence-electron chi connectivity index (χ1n) is 6.96. The maximum atomic E-state index is 12.7. The van der Waals surface area contributed by atoms with Crippen LogP contribution >= 0.6 is 15.9 Å². The maximum absolute atomic E-state index is 12.7. The first-order chi connectivity index (χ1) is 9.13. The summed E-state index contributed by atoms with van der Waals surface area (Å²) in [5, 5.41) is 0. The molecule has 103 valence electrons. The average molecular weight is 323 g/mol. The van der Waals surface area contributed by atoms with Gasteiger partial charge in [-0.2, -0.15) is 0 Å². The van der Waals surface area contributed by atoms with E-state index in [9.17, 15) is 4.79 Å². The first kappa shape index (κ1) is 14.6. The van der Waals surface area contributed by atoms with Crippen molar-refractivity contribution in [2.24, 2.45) is 5.92 Å². The van der Waals surface area contributed by atoms with Gasteiger partial charge >= 0.3 is 0 Å². The molecule has 1 aliphatic rings. The van der Waals surface area contributed by atoms with Crippen LogP contribution in [0.1, 0.15) is 37.7 Å². The molecule has 1 aromatic carbocycles. The Morgan fingerprint density at radius 1 is 1.42 bits per heavy atom. The fraction of sp³-hybridized carbons (Fsp3) is 0.500. The Kier molecular flexibility index (Phi) is 5.03. The highest BCUT2D eigenvalue weighted by Gasteiger charge is 2.28. The zero-order valence-electron chi connectivity index (χ0n) is 11.4. The third-order valence-electron chi connectivity index (χ3n) is 3.96. The summed E-state index contributed by atoms with van der Waals surface area (Å²) in [5.41, 5.74) is 1.06. The van der Waals surface area contributed by atoms with Gasteiger partial charge in [0.15, 0.2) is 0 Å². The van der Waals surface area contributed by atoms with E-state index in [0.29, 0.717) is 6.42 Å². The van der Waals surface area contributed by atoms with Crippen molar-refractivity contribution in [3.8, 4) is 0 Å². The Labute approximate surface area is 124 Å². The third-order valence-corrected chi connectivity index (χ3v) is 4.68. The van der Waals surface area contributed by atoms with Gasteiger partial charge < -0.3 is 4.90 Å². The second-order valence-corrected chi connectivity index (χ2v) is 6.22. The van der Waals surface area contributed by atoms with Crippen LogP contribution in [0.15, 0.2) is 28.7 Å². The minimum absolute atomic E-state index is 0.121. The Hall–Kier alpha value is -0.830. The molecule has 1 aromatic rings.